The summed E-state index contributed by atoms with van der Waals surface area (Å²) in [5.41, 5.74) is 3.10. The van der Waals surface area contributed by atoms with Gasteiger partial charge in [-0.2, -0.15) is 0 Å². The van der Waals surface area contributed by atoms with Crippen LogP contribution in [0.1, 0.15) is 23.6 Å². The van der Waals surface area contributed by atoms with Crippen molar-refractivity contribution in [3.63, 3.8) is 0 Å². The average Bonchev–Trinajstić information content (AvgIpc) is 3.33. The number of thioether (sulfide) groups is 1. The molecule has 1 unspecified atom stereocenters. The van der Waals surface area contributed by atoms with Crippen molar-refractivity contribution in [3.8, 4) is 11.5 Å². The Labute approximate surface area is 165 Å². The van der Waals surface area contributed by atoms with E-state index in [-0.39, 0.29) is 5.25 Å². The highest BCUT2D eigenvalue weighted by atomic mass is 32.2. The molecular weight excluding hydrogens is 378 g/mol. The molecule has 2 aromatic carbocycles. The van der Waals surface area contributed by atoms with Crippen molar-refractivity contribution in [1.29, 1.82) is 0 Å². The van der Waals surface area contributed by atoms with Gasteiger partial charge in [-0.25, -0.2) is 0 Å². The predicted molar refractivity (Wildman–Crippen MR) is 108 cm³/mol. The van der Waals surface area contributed by atoms with E-state index in [1.807, 2.05) is 68.4 Å². The van der Waals surface area contributed by atoms with E-state index in [2.05, 4.69) is 25.7 Å². The van der Waals surface area contributed by atoms with Crippen molar-refractivity contribution in [2.75, 3.05) is 5.32 Å². The number of hydrogen-bond donors (Lipinski definition) is 1. The standard InChI is InChI=1S/C19H17N5OS2/c1-12-8-10-14(11-9-12)17-22-21-16(25-17)13(2)26-19-24-23-18(27-19)20-15-6-4-3-5-7-15/h3-11,13H,1-2H3,(H,20,23). The minimum absolute atomic E-state index is 0.0192. The van der Waals surface area contributed by atoms with Crippen molar-refractivity contribution >= 4 is 33.9 Å². The smallest absolute Gasteiger partial charge is 0.247 e. The van der Waals surface area contributed by atoms with Gasteiger partial charge in [-0.05, 0) is 38.1 Å². The van der Waals surface area contributed by atoms with Crippen molar-refractivity contribution < 1.29 is 4.42 Å². The summed E-state index contributed by atoms with van der Waals surface area (Å²) in [5, 5.41) is 20.8. The molecule has 0 spiro atoms. The van der Waals surface area contributed by atoms with Crippen LogP contribution in [-0.4, -0.2) is 20.4 Å². The van der Waals surface area contributed by atoms with Crippen LogP contribution < -0.4 is 5.32 Å². The fraction of sp³-hybridized carbons (Fsp3) is 0.158. The molecule has 27 heavy (non-hydrogen) atoms. The van der Waals surface area contributed by atoms with Gasteiger partial charge in [-0.15, -0.1) is 20.4 Å². The van der Waals surface area contributed by atoms with Gasteiger partial charge in [0.1, 0.15) is 0 Å². The van der Waals surface area contributed by atoms with E-state index in [4.69, 9.17) is 4.42 Å². The maximum atomic E-state index is 5.84. The number of anilines is 2. The summed E-state index contributed by atoms with van der Waals surface area (Å²) in [4.78, 5) is 0. The number of aromatic nitrogens is 4. The van der Waals surface area contributed by atoms with Gasteiger partial charge >= 0.3 is 0 Å². The van der Waals surface area contributed by atoms with Crippen LogP contribution in [0.25, 0.3) is 11.5 Å². The van der Waals surface area contributed by atoms with Crippen molar-refractivity contribution in [2.45, 2.75) is 23.4 Å². The van der Waals surface area contributed by atoms with Gasteiger partial charge in [-0.1, -0.05) is 59.0 Å². The van der Waals surface area contributed by atoms with Crippen LogP contribution in [0.15, 0.2) is 63.4 Å². The average molecular weight is 396 g/mol. The second-order valence-corrected chi connectivity index (χ2v) is 8.50. The molecule has 0 saturated heterocycles. The van der Waals surface area contributed by atoms with E-state index in [1.54, 1.807) is 11.8 Å². The molecule has 1 atom stereocenters. The second kappa shape index (κ2) is 7.89. The van der Waals surface area contributed by atoms with Gasteiger partial charge < -0.3 is 9.73 Å². The minimum atomic E-state index is -0.0192. The molecule has 1 N–H and O–H groups in total. The number of rotatable bonds is 6. The summed E-state index contributed by atoms with van der Waals surface area (Å²) >= 11 is 3.04. The Hall–Kier alpha value is -2.71. The van der Waals surface area contributed by atoms with Gasteiger partial charge in [0.25, 0.3) is 0 Å². The fourth-order valence-electron chi connectivity index (χ4n) is 2.37. The lowest BCUT2D eigenvalue weighted by molar-refractivity contribution is 0.509. The number of hydrogen-bond acceptors (Lipinski definition) is 8. The summed E-state index contributed by atoms with van der Waals surface area (Å²) in [7, 11) is 0. The van der Waals surface area contributed by atoms with Gasteiger partial charge in [0.15, 0.2) is 4.34 Å². The Kier molecular flexibility index (Phi) is 5.17. The molecule has 0 fully saturated rings. The minimum Gasteiger partial charge on any atom is -0.419 e. The van der Waals surface area contributed by atoms with E-state index in [0.29, 0.717) is 11.8 Å². The molecule has 136 valence electrons. The first kappa shape index (κ1) is 17.7. The predicted octanol–water partition coefficient (Wildman–Crippen LogP) is 5.49. The van der Waals surface area contributed by atoms with Crippen LogP contribution in [0.5, 0.6) is 0 Å². The van der Waals surface area contributed by atoms with Crippen molar-refractivity contribution in [2.24, 2.45) is 0 Å². The highest BCUT2D eigenvalue weighted by Gasteiger charge is 2.18. The molecule has 8 heteroatoms. The first-order chi connectivity index (χ1) is 13.2. The van der Waals surface area contributed by atoms with E-state index < -0.39 is 0 Å². The van der Waals surface area contributed by atoms with Gasteiger partial charge in [0, 0.05) is 11.3 Å². The van der Waals surface area contributed by atoms with Gasteiger partial charge in [0.2, 0.25) is 16.9 Å². The van der Waals surface area contributed by atoms with E-state index in [1.165, 1.54) is 16.9 Å². The van der Waals surface area contributed by atoms with Crippen LogP contribution in [-0.2, 0) is 0 Å². The summed E-state index contributed by atoms with van der Waals surface area (Å²) in [5.74, 6) is 1.10. The number of aryl methyl sites for hydroxylation is 1. The Morgan fingerprint density at radius 2 is 1.74 bits per heavy atom. The highest BCUT2D eigenvalue weighted by molar-refractivity contribution is 8.01. The molecule has 0 amide bonds. The maximum Gasteiger partial charge on any atom is 0.247 e. The van der Waals surface area contributed by atoms with E-state index >= 15 is 0 Å². The SMILES string of the molecule is Cc1ccc(-c2nnc(C(C)Sc3nnc(Nc4ccccc4)s3)o2)cc1. The normalized spacial score (nSPS) is 12.1. The summed E-state index contributed by atoms with van der Waals surface area (Å²) in [6.45, 7) is 4.06. The van der Waals surface area contributed by atoms with Crippen LogP contribution in [0, 0.1) is 6.92 Å². The molecule has 0 aliphatic carbocycles. The maximum absolute atomic E-state index is 5.84. The molecule has 0 bridgehead atoms. The van der Waals surface area contributed by atoms with Crippen molar-refractivity contribution in [1.82, 2.24) is 20.4 Å². The van der Waals surface area contributed by atoms with Gasteiger partial charge in [0.05, 0.1) is 5.25 Å². The lowest BCUT2D eigenvalue weighted by Crippen LogP contribution is -1.88. The number of para-hydroxylation sites is 1. The molecule has 4 aromatic rings. The Bertz CT molecular complexity index is 1010. The molecule has 0 aliphatic heterocycles. The monoisotopic (exact) mass is 395 g/mol. The first-order valence-electron chi connectivity index (χ1n) is 8.40. The molecule has 2 aromatic heterocycles. The zero-order valence-corrected chi connectivity index (χ0v) is 16.4. The quantitative estimate of drug-likeness (QED) is 0.432. The Morgan fingerprint density at radius 3 is 2.52 bits per heavy atom. The molecule has 2 heterocycles. The zero-order chi connectivity index (χ0) is 18.6. The first-order valence-corrected chi connectivity index (χ1v) is 10.1. The number of benzene rings is 2. The molecule has 0 radical (unpaired) electrons. The van der Waals surface area contributed by atoms with Crippen LogP contribution in [0.3, 0.4) is 0 Å². The third kappa shape index (κ3) is 4.35. The largest absolute Gasteiger partial charge is 0.419 e. The third-order valence-electron chi connectivity index (χ3n) is 3.80. The number of nitrogens with zero attached hydrogens (tertiary/aromatic N) is 4. The highest BCUT2D eigenvalue weighted by Crippen LogP contribution is 2.38. The summed E-state index contributed by atoms with van der Waals surface area (Å²) < 4.78 is 6.69. The zero-order valence-electron chi connectivity index (χ0n) is 14.8. The molecule has 0 saturated carbocycles. The third-order valence-corrected chi connectivity index (χ3v) is 5.81. The molecular formula is C19H17N5OS2. The number of nitrogens with one attached hydrogen (secondary N) is 1. The summed E-state index contributed by atoms with van der Waals surface area (Å²) in [6, 6.07) is 17.9. The Morgan fingerprint density at radius 1 is 0.963 bits per heavy atom. The topological polar surface area (TPSA) is 76.7 Å². The summed E-state index contributed by atoms with van der Waals surface area (Å²) in [6.07, 6.45) is 0. The van der Waals surface area contributed by atoms with E-state index in [9.17, 15) is 0 Å². The Balaban J connectivity index is 1.42. The lowest BCUT2D eigenvalue weighted by atomic mass is 10.1. The lowest BCUT2D eigenvalue weighted by Gasteiger charge is -2.02. The van der Waals surface area contributed by atoms with Crippen molar-refractivity contribution in [3.05, 3.63) is 66.1 Å². The molecule has 6 nitrogen and oxygen atoms in total. The fourth-order valence-corrected chi connectivity index (χ4v) is 4.31. The molecule has 0 aliphatic rings. The molecule has 4 rings (SSSR count). The second-order valence-electron chi connectivity index (χ2n) is 5.94. The van der Waals surface area contributed by atoms with E-state index in [0.717, 1.165) is 20.7 Å². The van der Waals surface area contributed by atoms with Crippen LogP contribution >= 0.6 is 23.1 Å². The van der Waals surface area contributed by atoms with Crippen LogP contribution in [0.2, 0.25) is 0 Å². The van der Waals surface area contributed by atoms with Crippen LogP contribution in [0.4, 0.5) is 10.8 Å². The van der Waals surface area contributed by atoms with Gasteiger partial charge in [-0.3, -0.25) is 0 Å².